The van der Waals surface area contributed by atoms with Crippen LogP contribution in [0.2, 0.25) is 0 Å². The van der Waals surface area contributed by atoms with Crippen molar-refractivity contribution in [3.05, 3.63) is 30.1 Å². The lowest BCUT2D eigenvalue weighted by atomic mass is 10.2. The molecule has 0 aliphatic carbocycles. The summed E-state index contributed by atoms with van der Waals surface area (Å²) in [5.41, 5.74) is 0.520. The molecule has 112 valence electrons. The quantitative estimate of drug-likeness (QED) is 0.780. The number of amidine groups is 1. The molecular formula is C13H13FN2O3S2. The Kier molecular flexibility index (Phi) is 3.53. The van der Waals surface area contributed by atoms with Crippen molar-refractivity contribution in [1.82, 2.24) is 0 Å². The van der Waals surface area contributed by atoms with Crippen LogP contribution in [0.1, 0.15) is 6.92 Å². The molecular weight excluding hydrogens is 315 g/mol. The third-order valence-electron chi connectivity index (χ3n) is 3.41. The topological polar surface area (TPSA) is 66.8 Å². The molecule has 5 nitrogen and oxygen atoms in total. The number of hydrogen-bond donors (Lipinski definition) is 0. The number of carbonyl (C=O) groups excluding carboxylic acids is 1. The zero-order valence-electron chi connectivity index (χ0n) is 11.2. The molecule has 1 amide bonds. The van der Waals surface area contributed by atoms with E-state index in [1.54, 1.807) is 17.0 Å². The summed E-state index contributed by atoms with van der Waals surface area (Å²) in [5, 5.41) is 0.273. The number of amides is 1. The van der Waals surface area contributed by atoms with Gasteiger partial charge in [0.05, 0.1) is 17.5 Å². The van der Waals surface area contributed by atoms with Crippen LogP contribution >= 0.6 is 11.8 Å². The third-order valence-corrected chi connectivity index (χ3v) is 6.62. The first-order chi connectivity index (χ1) is 9.85. The highest BCUT2D eigenvalue weighted by atomic mass is 32.2. The van der Waals surface area contributed by atoms with Crippen LogP contribution in [0.25, 0.3) is 0 Å². The Hall–Kier alpha value is -1.41. The summed E-state index contributed by atoms with van der Waals surface area (Å²) >= 11 is 1.27. The minimum Gasteiger partial charge on any atom is -0.315 e. The second kappa shape index (κ2) is 5.10. The monoisotopic (exact) mass is 328 g/mol. The number of benzene rings is 1. The van der Waals surface area contributed by atoms with Crippen LogP contribution in [-0.4, -0.2) is 42.3 Å². The van der Waals surface area contributed by atoms with Crippen LogP contribution in [0.5, 0.6) is 0 Å². The van der Waals surface area contributed by atoms with E-state index in [9.17, 15) is 17.6 Å². The molecule has 0 spiro atoms. The van der Waals surface area contributed by atoms with Crippen LogP contribution in [0.3, 0.4) is 0 Å². The van der Waals surface area contributed by atoms with Crippen molar-refractivity contribution in [3.63, 3.8) is 0 Å². The number of thioether (sulfide) groups is 1. The Bertz CT molecular complexity index is 733. The molecule has 1 aromatic rings. The van der Waals surface area contributed by atoms with Gasteiger partial charge >= 0.3 is 0 Å². The van der Waals surface area contributed by atoms with Gasteiger partial charge in [0.25, 0.3) is 0 Å². The fourth-order valence-electron chi connectivity index (χ4n) is 2.63. The average molecular weight is 328 g/mol. The van der Waals surface area contributed by atoms with E-state index in [1.165, 1.54) is 30.8 Å². The first kappa shape index (κ1) is 14.5. The molecule has 8 heteroatoms. The summed E-state index contributed by atoms with van der Waals surface area (Å²) in [4.78, 5) is 16.9. The van der Waals surface area contributed by atoms with Gasteiger partial charge in [-0.2, -0.15) is 4.99 Å². The molecule has 0 N–H and O–H groups in total. The van der Waals surface area contributed by atoms with Gasteiger partial charge in [-0.15, -0.1) is 0 Å². The summed E-state index contributed by atoms with van der Waals surface area (Å²) in [5.74, 6) is -0.714. The van der Waals surface area contributed by atoms with Gasteiger partial charge in [-0.25, -0.2) is 12.8 Å². The summed E-state index contributed by atoms with van der Waals surface area (Å²) in [6, 6.07) is 5.57. The molecule has 2 aliphatic rings. The van der Waals surface area contributed by atoms with E-state index in [2.05, 4.69) is 4.99 Å². The molecule has 0 saturated carbocycles. The predicted molar refractivity (Wildman–Crippen MR) is 80.8 cm³/mol. The van der Waals surface area contributed by atoms with Gasteiger partial charge < -0.3 is 4.90 Å². The number of halogens is 1. The minimum atomic E-state index is -3.10. The molecule has 3 rings (SSSR count). The van der Waals surface area contributed by atoms with Crippen molar-refractivity contribution in [2.24, 2.45) is 4.99 Å². The first-order valence-corrected chi connectivity index (χ1v) is 9.07. The zero-order chi connectivity index (χ0) is 15.2. The normalized spacial score (nSPS) is 28.9. The number of hydrogen-bond acceptors (Lipinski definition) is 4. The smallest absolute Gasteiger partial charge is 0.244 e. The molecule has 21 heavy (non-hydrogen) atoms. The Labute approximate surface area is 126 Å². The number of fused-ring (bicyclic) bond motifs is 1. The van der Waals surface area contributed by atoms with Crippen molar-refractivity contribution in [2.75, 3.05) is 16.4 Å². The van der Waals surface area contributed by atoms with Crippen molar-refractivity contribution in [2.45, 2.75) is 18.2 Å². The number of aliphatic imine (C=N–C) groups is 1. The minimum absolute atomic E-state index is 0.00188. The van der Waals surface area contributed by atoms with Crippen LogP contribution in [0, 0.1) is 5.82 Å². The van der Waals surface area contributed by atoms with Gasteiger partial charge in [0.2, 0.25) is 5.91 Å². The number of sulfone groups is 1. The van der Waals surface area contributed by atoms with Crippen molar-refractivity contribution < 1.29 is 17.6 Å². The molecule has 2 saturated heterocycles. The van der Waals surface area contributed by atoms with E-state index in [0.717, 1.165) is 0 Å². The average Bonchev–Trinajstić information content (AvgIpc) is 2.79. The summed E-state index contributed by atoms with van der Waals surface area (Å²) in [6.07, 6.45) is 0. The number of carbonyl (C=O) groups is 1. The number of nitrogens with zero attached hydrogens (tertiary/aromatic N) is 2. The van der Waals surface area contributed by atoms with Crippen LogP contribution in [0.15, 0.2) is 29.3 Å². The van der Waals surface area contributed by atoms with E-state index in [-0.39, 0.29) is 28.7 Å². The summed E-state index contributed by atoms with van der Waals surface area (Å²) < 4.78 is 37.0. The molecule has 2 aliphatic heterocycles. The highest BCUT2D eigenvalue weighted by Gasteiger charge is 2.49. The van der Waals surface area contributed by atoms with Crippen LogP contribution in [-0.2, 0) is 14.6 Å². The molecule has 2 atom stereocenters. The van der Waals surface area contributed by atoms with Gasteiger partial charge in [0, 0.05) is 17.9 Å². The lowest BCUT2D eigenvalue weighted by Crippen LogP contribution is -2.37. The Morgan fingerprint density at radius 2 is 2.19 bits per heavy atom. The van der Waals surface area contributed by atoms with Crippen molar-refractivity contribution >= 4 is 38.4 Å². The number of rotatable bonds is 1. The summed E-state index contributed by atoms with van der Waals surface area (Å²) in [6.45, 7) is 1.34. The maximum atomic E-state index is 13.4. The molecule has 2 heterocycles. The molecule has 1 aromatic carbocycles. The molecule has 0 radical (unpaired) electrons. The molecule has 0 unspecified atom stereocenters. The fourth-order valence-corrected chi connectivity index (χ4v) is 6.59. The molecule has 0 bridgehead atoms. The maximum absolute atomic E-state index is 13.4. The molecule has 0 aromatic heterocycles. The maximum Gasteiger partial charge on any atom is 0.244 e. The predicted octanol–water partition coefficient (Wildman–Crippen LogP) is 1.45. The first-order valence-electron chi connectivity index (χ1n) is 6.37. The van der Waals surface area contributed by atoms with E-state index in [0.29, 0.717) is 10.9 Å². The largest absolute Gasteiger partial charge is 0.315 e. The number of anilines is 1. The van der Waals surface area contributed by atoms with E-state index < -0.39 is 15.7 Å². The lowest BCUT2D eigenvalue weighted by Gasteiger charge is -2.24. The Balaban J connectivity index is 2.05. The lowest BCUT2D eigenvalue weighted by molar-refractivity contribution is -0.115. The van der Waals surface area contributed by atoms with Crippen LogP contribution < -0.4 is 4.90 Å². The SMILES string of the molecule is CC(=O)N=C1S[C@@H]2CS(=O)(=O)C[C@@H]2N1c1cccc(F)c1. The van der Waals surface area contributed by atoms with Crippen molar-refractivity contribution in [1.29, 1.82) is 0 Å². The highest BCUT2D eigenvalue weighted by Crippen LogP contribution is 2.40. The standard InChI is InChI=1S/C13H13FN2O3S2/c1-8(17)15-13-16(10-4-2-3-9(14)5-10)11-6-21(18,19)7-12(11)20-13/h2-5,11-12H,6-7H2,1H3/t11-,12+/m0/s1. The van der Waals surface area contributed by atoms with Gasteiger partial charge in [0.15, 0.2) is 15.0 Å². The second-order valence-electron chi connectivity index (χ2n) is 5.06. The molecule has 2 fully saturated rings. The van der Waals surface area contributed by atoms with Gasteiger partial charge in [-0.3, -0.25) is 4.79 Å². The highest BCUT2D eigenvalue weighted by molar-refractivity contribution is 8.16. The Morgan fingerprint density at radius 1 is 1.43 bits per heavy atom. The summed E-state index contributed by atoms with van der Waals surface area (Å²) in [7, 11) is -3.10. The van der Waals surface area contributed by atoms with E-state index in [4.69, 9.17) is 0 Å². The van der Waals surface area contributed by atoms with Crippen LogP contribution in [0.4, 0.5) is 10.1 Å². The van der Waals surface area contributed by atoms with Gasteiger partial charge in [-0.1, -0.05) is 17.8 Å². The fraction of sp³-hybridized carbons (Fsp3) is 0.385. The Morgan fingerprint density at radius 3 is 2.86 bits per heavy atom. The zero-order valence-corrected chi connectivity index (χ0v) is 12.8. The third kappa shape index (κ3) is 2.82. The van der Waals surface area contributed by atoms with E-state index >= 15 is 0 Å². The van der Waals surface area contributed by atoms with Gasteiger partial charge in [0.1, 0.15) is 5.82 Å². The van der Waals surface area contributed by atoms with Gasteiger partial charge in [-0.05, 0) is 18.2 Å². The van der Waals surface area contributed by atoms with Crippen molar-refractivity contribution in [3.8, 4) is 0 Å². The van der Waals surface area contributed by atoms with E-state index in [1.807, 2.05) is 0 Å². The second-order valence-corrected chi connectivity index (χ2v) is 8.42.